The van der Waals surface area contributed by atoms with Crippen molar-refractivity contribution in [2.24, 2.45) is 5.73 Å². The first-order valence-electron chi connectivity index (χ1n) is 7.40. The number of carbonyl (C=O) groups is 2. The Bertz CT molecular complexity index is 875. The summed E-state index contributed by atoms with van der Waals surface area (Å²) < 4.78 is 26.1. The van der Waals surface area contributed by atoms with E-state index in [4.69, 9.17) is 10.5 Å². The zero-order chi connectivity index (χ0) is 18.4. The topological polar surface area (TPSA) is 117 Å². The lowest BCUT2D eigenvalue weighted by Crippen LogP contribution is -2.34. The number of esters is 1. The number of amides is 1. The van der Waals surface area contributed by atoms with Gasteiger partial charge in [0, 0.05) is 17.8 Å². The van der Waals surface area contributed by atoms with Crippen LogP contribution in [-0.2, 0) is 21.7 Å². The van der Waals surface area contributed by atoms with Crippen LogP contribution < -0.4 is 10.5 Å². The first-order chi connectivity index (χ1) is 11.8. The van der Waals surface area contributed by atoms with E-state index in [0.29, 0.717) is 17.9 Å². The second kappa shape index (κ2) is 5.85. The molecule has 132 valence electrons. The van der Waals surface area contributed by atoms with E-state index in [1.54, 1.807) is 4.57 Å². The number of aliphatic hydroxyl groups is 1. The van der Waals surface area contributed by atoms with E-state index in [-0.39, 0.29) is 23.6 Å². The van der Waals surface area contributed by atoms with Gasteiger partial charge in [-0.3, -0.25) is 4.79 Å². The molecule has 1 aliphatic rings. The Balaban J connectivity index is 2.22. The van der Waals surface area contributed by atoms with Crippen molar-refractivity contribution in [3.8, 4) is 17.1 Å². The molecule has 0 radical (unpaired) electrons. The number of methoxy groups -OCH3 is 1. The average Bonchev–Trinajstić information content (AvgIpc) is 2.91. The lowest BCUT2D eigenvalue weighted by Gasteiger charge is -2.22. The molecule has 1 unspecified atom stereocenters. The number of nitrogens with zero attached hydrogens (tertiary/aromatic N) is 2. The highest BCUT2D eigenvalue weighted by Gasteiger charge is 2.38. The first-order valence-corrected chi connectivity index (χ1v) is 7.40. The molecule has 0 saturated carbocycles. The standard InChI is InChI=1S/C16H16FN3O5/c1-16(23,15(22)24-2)9-5-8-12(6-10(9)17)25-4-3-20-7-11(13(18)21)19-14(8)20/h5-7,23H,3-4H2,1-2H3,(H2,18,21). The zero-order valence-corrected chi connectivity index (χ0v) is 13.6. The average molecular weight is 349 g/mol. The number of aromatic nitrogens is 2. The fourth-order valence-corrected chi connectivity index (χ4v) is 2.70. The predicted octanol–water partition coefficient (Wildman–Crippen LogP) is 0.561. The maximum absolute atomic E-state index is 14.5. The summed E-state index contributed by atoms with van der Waals surface area (Å²) in [6.07, 6.45) is 1.47. The molecule has 1 amide bonds. The molecule has 2 aromatic rings. The summed E-state index contributed by atoms with van der Waals surface area (Å²) in [7, 11) is 1.09. The van der Waals surface area contributed by atoms with Crippen LogP contribution in [0.25, 0.3) is 11.4 Å². The molecule has 0 bridgehead atoms. The summed E-state index contributed by atoms with van der Waals surface area (Å²) in [6.45, 7) is 1.72. The lowest BCUT2D eigenvalue weighted by molar-refractivity contribution is -0.161. The monoisotopic (exact) mass is 349 g/mol. The van der Waals surface area contributed by atoms with Gasteiger partial charge in [-0.25, -0.2) is 14.2 Å². The van der Waals surface area contributed by atoms with Crippen LogP contribution in [0.5, 0.6) is 5.75 Å². The molecule has 8 nitrogen and oxygen atoms in total. The molecule has 0 aliphatic carbocycles. The van der Waals surface area contributed by atoms with Crippen molar-refractivity contribution in [3.63, 3.8) is 0 Å². The summed E-state index contributed by atoms with van der Waals surface area (Å²) in [4.78, 5) is 27.3. The number of fused-ring (bicyclic) bond motifs is 3. The predicted molar refractivity (Wildman–Crippen MR) is 83.2 cm³/mol. The number of hydrogen-bond acceptors (Lipinski definition) is 6. The minimum Gasteiger partial charge on any atom is -0.491 e. The molecule has 0 fully saturated rings. The Morgan fingerprint density at radius 1 is 1.48 bits per heavy atom. The molecule has 1 atom stereocenters. The summed E-state index contributed by atoms with van der Waals surface area (Å²) in [5, 5.41) is 10.4. The van der Waals surface area contributed by atoms with Gasteiger partial charge in [0.15, 0.2) is 5.60 Å². The largest absolute Gasteiger partial charge is 0.491 e. The van der Waals surface area contributed by atoms with Crippen molar-refractivity contribution < 1.29 is 28.6 Å². The number of benzene rings is 1. The molecule has 2 heterocycles. The van der Waals surface area contributed by atoms with Crippen molar-refractivity contribution in [1.29, 1.82) is 0 Å². The van der Waals surface area contributed by atoms with Crippen molar-refractivity contribution in [1.82, 2.24) is 9.55 Å². The number of ether oxygens (including phenoxy) is 2. The van der Waals surface area contributed by atoms with Gasteiger partial charge in [-0.05, 0) is 13.0 Å². The molecule has 25 heavy (non-hydrogen) atoms. The minimum atomic E-state index is -2.20. The van der Waals surface area contributed by atoms with Crippen LogP contribution in [0, 0.1) is 5.82 Å². The highest BCUT2D eigenvalue weighted by molar-refractivity contribution is 5.91. The quantitative estimate of drug-likeness (QED) is 0.782. The summed E-state index contributed by atoms with van der Waals surface area (Å²) >= 11 is 0. The molecule has 0 saturated heterocycles. The van der Waals surface area contributed by atoms with E-state index in [1.165, 1.54) is 12.3 Å². The van der Waals surface area contributed by atoms with E-state index in [2.05, 4.69) is 9.72 Å². The molecule has 9 heteroatoms. The van der Waals surface area contributed by atoms with Crippen LogP contribution in [0.15, 0.2) is 18.3 Å². The number of primary amides is 1. The van der Waals surface area contributed by atoms with Crippen molar-refractivity contribution in [2.45, 2.75) is 19.1 Å². The van der Waals surface area contributed by atoms with Crippen LogP contribution in [0.3, 0.4) is 0 Å². The number of nitrogens with two attached hydrogens (primary N) is 1. The molecular weight excluding hydrogens is 333 g/mol. The molecule has 1 aliphatic heterocycles. The lowest BCUT2D eigenvalue weighted by atomic mass is 9.93. The third-order valence-corrected chi connectivity index (χ3v) is 4.04. The Labute approximate surface area is 142 Å². The molecule has 1 aromatic carbocycles. The van der Waals surface area contributed by atoms with Gasteiger partial charge in [0.25, 0.3) is 5.91 Å². The maximum atomic E-state index is 14.5. The van der Waals surface area contributed by atoms with Crippen LogP contribution in [-0.4, -0.2) is 40.3 Å². The molecule has 1 aromatic heterocycles. The molecular formula is C16H16FN3O5. The van der Waals surface area contributed by atoms with E-state index in [1.807, 2.05) is 0 Å². The number of carbonyl (C=O) groups excluding carboxylic acids is 2. The number of rotatable bonds is 3. The first kappa shape index (κ1) is 16.9. The highest BCUT2D eigenvalue weighted by atomic mass is 19.1. The third kappa shape index (κ3) is 2.72. The smallest absolute Gasteiger partial charge is 0.342 e. The van der Waals surface area contributed by atoms with Crippen molar-refractivity contribution in [2.75, 3.05) is 13.7 Å². The van der Waals surface area contributed by atoms with Gasteiger partial charge in [-0.1, -0.05) is 0 Å². The molecule has 3 N–H and O–H groups in total. The Morgan fingerprint density at radius 2 is 2.20 bits per heavy atom. The van der Waals surface area contributed by atoms with Gasteiger partial charge in [0.05, 0.1) is 19.2 Å². The normalized spacial score (nSPS) is 15.2. The molecule has 0 spiro atoms. The third-order valence-electron chi connectivity index (χ3n) is 4.04. The number of imidazole rings is 1. The van der Waals surface area contributed by atoms with Crippen LogP contribution in [0.1, 0.15) is 23.0 Å². The number of halogens is 1. The molecule has 3 rings (SSSR count). The minimum absolute atomic E-state index is 0.0495. The van der Waals surface area contributed by atoms with Crippen molar-refractivity contribution >= 4 is 11.9 Å². The van der Waals surface area contributed by atoms with Gasteiger partial charge in [0.2, 0.25) is 0 Å². The van der Waals surface area contributed by atoms with Crippen LogP contribution >= 0.6 is 0 Å². The van der Waals surface area contributed by atoms with Gasteiger partial charge in [-0.15, -0.1) is 0 Å². The number of hydrogen-bond donors (Lipinski definition) is 2. The fraction of sp³-hybridized carbons (Fsp3) is 0.312. The van der Waals surface area contributed by atoms with Crippen LogP contribution in [0.2, 0.25) is 0 Å². The maximum Gasteiger partial charge on any atom is 0.342 e. The summed E-state index contributed by atoms with van der Waals surface area (Å²) in [5.74, 6) is -2.04. The van der Waals surface area contributed by atoms with E-state index < -0.39 is 23.3 Å². The van der Waals surface area contributed by atoms with Crippen LogP contribution in [0.4, 0.5) is 4.39 Å². The summed E-state index contributed by atoms with van der Waals surface area (Å²) in [6, 6.07) is 2.33. The summed E-state index contributed by atoms with van der Waals surface area (Å²) in [5.41, 5.74) is 3.14. The van der Waals surface area contributed by atoms with E-state index in [0.717, 1.165) is 20.1 Å². The van der Waals surface area contributed by atoms with E-state index in [9.17, 15) is 19.1 Å². The Hall–Kier alpha value is -2.94. The second-order valence-electron chi connectivity index (χ2n) is 5.75. The van der Waals surface area contributed by atoms with Gasteiger partial charge >= 0.3 is 5.97 Å². The van der Waals surface area contributed by atoms with Gasteiger partial charge in [-0.2, -0.15) is 0 Å². The van der Waals surface area contributed by atoms with E-state index >= 15 is 0 Å². The van der Waals surface area contributed by atoms with Gasteiger partial charge < -0.3 is 24.9 Å². The zero-order valence-electron chi connectivity index (χ0n) is 13.6. The second-order valence-corrected chi connectivity index (χ2v) is 5.75. The fourth-order valence-electron chi connectivity index (χ4n) is 2.70. The SMILES string of the molecule is COC(=O)C(C)(O)c1cc2c(cc1F)OCCn1cc(C(N)=O)nc1-2. The van der Waals surface area contributed by atoms with Gasteiger partial charge in [0.1, 0.15) is 29.7 Å². The van der Waals surface area contributed by atoms with Crippen molar-refractivity contribution in [3.05, 3.63) is 35.4 Å². The Morgan fingerprint density at radius 3 is 2.84 bits per heavy atom. The Kier molecular flexibility index (Phi) is 3.96. The highest BCUT2D eigenvalue weighted by Crippen LogP contribution is 2.37.